The Balaban J connectivity index is 2.23. The van der Waals surface area contributed by atoms with Crippen molar-refractivity contribution in [2.75, 3.05) is 0 Å². The summed E-state index contributed by atoms with van der Waals surface area (Å²) in [6, 6.07) is 9.36. The number of ether oxygens (including phenoxy) is 1. The van der Waals surface area contributed by atoms with Crippen LogP contribution in [0.1, 0.15) is 5.56 Å². The van der Waals surface area contributed by atoms with E-state index in [4.69, 9.17) is 21.4 Å². The lowest BCUT2D eigenvalue weighted by Crippen LogP contribution is -2.24. The van der Waals surface area contributed by atoms with Crippen LogP contribution in [0.3, 0.4) is 0 Å². The molecular weight excluding hydrogens is 240 g/mol. The lowest BCUT2D eigenvalue weighted by molar-refractivity contribution is -0.144. The lowest BCUT2D eigenvalue weighted by Gasteiger charge is -2.07. The number of hydrogen-bond acceptors (Lipinski definition) is 2. The monoisotopic (exact) mass is 248 g/mol. The summed E-state index contributed by atoms with van der Waals surface area (Å²) in [6.07, 6.45) is -0.429. The summed E-state index contributed by atoms with van der Waals surface area (Å²) in [5, 5.41) is 11.4. The number of carbonyl (C=O) groups is 1. The summed E-state index contributed by atoms with van der Waals surface area (Å²) in [6.45, 7) is 0. The molecule has 0 saturated heterocycles. The molecule has 17 heavy (non-hydrogen) atoms. The Hall–Kier alpha value is -1.74. The molecule has 0 bridgehead atoms. The molecule has 1 aliphatic rings. The first-order valence-corrected chi connectivity index (χ1v) is 5.64. The van der Waals surface area contributed by atoms with Gasteiger partial charge in [-0.2, -0.15) is 0 Å². The second-order valence-electron chi connectivity index (χ2n) is 4.04. The second-order valence-corrected chi connectivity index (χ2v) is 4.45. The summed E-state index contributed by atoms with van der Waals surface area (Å²) in [5.74, 6) is -0.293. The molecule has 0 amide bonds. The van der Waals surface area contributed by atoms with Gasteiger partial charge in [0.05, 0.1) is 0 Å². The quantitative estimate of drug-likeness (QED) is 0.844. The van der Waals surface area contributed by atoms with Gasteiger partial charge in [-0.25, -0.2) is 4.79 Å². The molecule has 4 heteroatoms. The molecular formula is C13H9ClO3. The van der Waals surface area contributed by atoms with Crippen molar-refractivity contribution in [2.45, 2.75) is 12.5 Å². The maximum absolute atomic E-state index is 10.9. The van der Waals surface area contributed by atoms with Gasteiger partial charge in [0.2, 0.25) is 0 Å². The van der Waals surface area contributed by atoms with E-state index in [-0.39, 0.29) is 0 Å². The van der Waals surface area contributed by atoms with Crippen molar-refractivity contribution >= 4 is 28.3 Å². The zero-order chi connectivity index (χ0) is 12.0. The van der Waals surface area contributed by atoms with Gasteiger partial charge in [0.25, 0.3) is 0 Å². The van der Waals surface area contributed by atoms with Gasteiger partial charge in [0.1, 0.15) is 5.75 Å². The Morgan fingerprint density at radius 3 is 2.76 bits per heavy atom. The van der Waals surface area contributed by atoms with Crippen LogP contribution in [0.15, 0.2) is 30.3 Å². The Bertz CT molecular complexity index is 621. The van der Waals surface area contributed by atoms with Crippen molar-refractivity contribution in [3.8, 4) is 5.75 Å². The summed E-state index contributed by atoms with van der Waals surface area (Å²) in [7, 11) is 0. The highest BCUT2D eigenvalue weighted by atomic mass is 35.5. The fourth-order valence-electron chi connectivity index (χ4n) is 2.17. The van der Waals surface area contributed by atoms with E-state index >= 15 is 0 Å². The van der Waals surface area contributed by atoms with Crippen molar-refractivity contribution in [1.29, 1.82) is 0 Å². The summed E-state index contributed by atoms with van der Waals surface area (Å²) < 4.78 is 5.48. The zero-order valence-electron chi connectivity index (χ0n) is 8.81. The van der Waals surface area contributed by atoms with Crippen LogP contribution in [-0.4, -0.2) is 17.2 Å². The van der Waals surface area contributed by atoms with Crippen LogP contribution < -0.4 is 4.74 Å². The number of aliphatic carboxylic acids is 1. The molecule has 0 aliphatic carbocycles. The van der Waals surface area contributed by atoms with E-state index in [2.05, 4.69) is 0 Å². The number of carboxylic acid groups (broad SMARTS) is 1. The molecule has 1 unspecified atom stereocenters. The minimum absolute atomic E-state index is 0.370. The highest BCUT2D eigenvalue weighted by Gasteiger charge is 2.30. The van der Waals surface area contributed by atoms with Crippen LogP contribution in [0.25, 0.3) is 10.8 Å². The van der Waals surface area contributed by atoms with Crippen LogP contribution in [0, 0.1) is 0 Å². The number of halogens is 1. The number of carboxylic acids is 1. The highest BCUT2D eigenvalue weighted by Crippen LogP contribution is 2.39. The van der Waals surface area contributed by atoms with Crippen molar-refractivity contribution in [3.05, 3.63) is 40.9 Å². The maximum Gasteiger partial charge on any atom is 0.345 e. The largest absolute Gasteiger partial charge is 0.478 e. The SMILES string of the molecule is O=C(O)C1Cc2cc(Cl)c3ccccc3c2O1. The van der Waals surface area contributed by atoms with E-state index in [0.717, 1.165) is 16.3 Å². The van der Waals surface area contributed by atoms with Gasteiger partial charge >= 0.3 is 5.97 Å². The van der Waals surface area contributed by atoms with Gasteiger partial charge in [-0.15, -0.1) is 0 Å². The molecule has 2 aromatic carbocycles. The molecule has 1 aliphatic heterocycles. The molecule has 2 aromatic rings. The number of rotatable bonds is 1. The van der Waals surface area contributed by atoms with Gasteiger partial charge in [-0.1, -0.05) is 35.9 Å². The summed E-state index contributed by atoms with van der Waals surface area (Å²) >= 11 is 6.17. The van der Waals surface area contributed by atoms with Crippen LogP contribution in [-0.2, 0) is 11.2 Å². The molecule has 1 atom stereocenters. The molecule has 0 aromatic heterocycles. The molecule has 1 N–H and O–H groups in total. The Morgan fingerprint density at radius 1 is 1.35 bits per heavy atom. The average Bonchev–Trinajstić information content (AvgIpc) is 2.73. The highest BCUT2D eigenvalue weighted by molar-refractivity contribution is 6.36. The predicted molar refractivity (Wildman–Crippen MR) is 64.7 cm³/mol. The third-order valence-electron chi connectivity index (χ3n) is 2.96. The number of hydrogen-bond donors (Lipinski definition) is 1. The second kappa shape index (κ2) is 3.64. The third-order valence-corrected chi connectivity index (χ3v) is 3.28. The smallest absolute Gasteiger partial charge is 0.345 e. The minimum Gasteiger partial charge on any atom is -0.478 e. The first-order valence-electron chi connectivity index (χ1n) is 5.26. The molecule has 1 heterocycles. The first kappa shape index (κ1) is 10.4. The third kappa shape index (κ3) is 1.54. The predicted octanol–water partition coefficient (Wildman–Crippen LogP) is 2.88. The Kier molecular flexibility index (Phi) is 2.23. The lowest BCUT2D eigenvalue weighted by atomic mass is 10.0. The minimum atomic E-state index is -0.943. The first-order chi connectivity index (χ1) is 8.16. The molecule has 3 rings (SSSR count). The number of fused-ring (bicyclic) bond motifs is 3. The van der Waals surface area contributed by atoms with Crippen molar-refractivity contribution in [1.82, 2.24) is 0 Å². The Morgan fingerprint density at radius 2 is 2.06 bits per heavy atom. The normalized spacial score (nSPS) is 17.8. The molecule has 86 valence electrons. The van der Waals surface area contributed by atoms with Crippen LogP contribution in [0.2, 0.25) is 5.02 Å². The van der Waals surface area contributed by atoms with Crippen molar-refractivity contribution in [3.63, 3.8) is 0 Å². The van der Waals surface area contributed by atoms with Crippen molar-refractivity contribution in [2.24, 2.45) is 0 Å². The van der Waals surface area contributed by atoms with E-state index in [9.17, 15) is 4.79 Å². The van der Waals surface area contributed by atoms with Gasteiger partial charge < -0.3 is 9.84 Å². The fraction of sp³-hybridized carbons (Fsp3) is 0.154. The summed E-state index contributed by atoms with van der Waals surface area (Å²) in [4.78, 5) is 10.9. The topological polar surface area (TPSA) is 46.5 Å². The average molecular weight is 249 g/mol. The van der Waals surface area contributed by atoms with E-state index in [1.54, 1.807) is 6.07 Å². The standard InChI is InChI=1S/C13H9ClO3/c14-10-5-7-6-11(13(15)16)17-12(7)9-4-2-1-3-8(9)10/h1-5,11H,6H2,(H,15,16). The van der Waals surface area contributed by atoms with Gasteiger partial charge in [0.15, 0.2) is 6.10 Å². The molecule has 0 radical (unpaired) electrons. The molecule has 3 nitrogen and oxygen atoms in total. The fourth-order valence-corrected chi connectivity index (χ4v) is 2.47. The van der Waals surface area contributed by atoms with E-state index in [0.29, 0.717) is 17.2 Å². The van der Waals surface area contributed by atoms with Crippen LogP contribution in [0.4, 0.5) is 0 Å². The molecule has 0 saturated carbocycles. The maximum atomic E-state index is 10.9. The van der Waals surface area contributed by atoms with E-state index < -0.39 is 12.1 Å². The van der Waals surface area contributed by atoms with Crippen LogP contribution in [0.5, 0.6) is 5.75 Å². The van der Waals surface area contributed by atoms with Crippen LogP contribution >= 0.6 is 11.6 Å². The van der Waals surface area contributed by atoms with Gasteiger partial charge in [-0.3, -0.25) is 0 Å². The molecule has 0 fully saturated rings. The Labute approximate surface area is 103 Å². The summed E-state index contributed by atoms with van der Waals surface area (Å²) in [5.41, 5.74) is 0.862. The molecule has 0 spiro atoms. The van der Waals surface area contributed by atoms with Gasteiger partial charge in [0, 0.05) is 27.8 Å². The van der Waals surface area contributed by atoms with E-state index in [1.165, 1.54) is 0 Å². The van der Waals surface area contributed by atoms with E-state index in [1.807, 2.05) is 24.3 Å². The zero-order valence-corrected chi connectivity index (χ0v) is 9.57. The van der Waals surface area contributed by atoms with Crippen molar-refractivity contribution < 1.29 is 14.6 Å². The van der Waals surface area contributed by atoms with Gasteiger partial charge in [-0.05, 0) is 6.07 Å². The number of benzene rings is 2.